The van der Waals surface area contributed by atoms with Crippen LogP contribution in [-0.4, -0.2) is 87.0 Å². The molecule has 0 spiro atoms. The van der Waals surface area contributed by atoms with Crippen molar-refractivity contribution in [2.45, 2.75) is 0 Å². The molecular formula is C31H36ClN5O5. The third kappa shape index (κ3) is 6.97. The number of benzene rings is 3. The molecule has 2 amide bonds. The summed E-state index contributed by atoms with van der Waals surface area (Å²) in [7, 11) is 5.21. The van der Waals surface area contributed by atoms with Crippen molar-refractivity contribution < 1.29 is 24.6 Å². The molecule has 5 rings (SSSR count). The van der Waals surface area contributed by atoms with Gasteiger partial charge in [0.1, 0.15) is 0 Å². The molecule has 4 N–H and O–H groups in total. The van der Waals surface area contributed by atoms with Crippen molar-refractivity contribution in [2.75, 3.05) is 69.5 Å². The fraction of sp³-hybridized carbons (Fsp3) is 0.258. The normalized spacial score (nSPS) is 15.8. The molecule has 2 heterocycles. The Morgan fingerprint density at radius 2 is 1.62 bits per heavy atom. The van der Waals surface area contributed by atoms with Gasteiger partial charge in [0.2, 0.25) is 5.91 Å². The van der Waals surface area contributed by atoms with Crippen LogP contribution in [-0.2, 0) is 14.3 Å². The maximum atomic E-state index is 13.2. The maximum absolute atomic E-state index is 13.2. The molecule has 0 atom stereocenters. The molecule has 10 nitrogen and oxygen atoms in total. The minimum absolute atomic E-state index is 0. The number of nitrogens with zero attached hydrogens (tertiary/aromatic N) is 3. The number of rotatable bonds is 7. The van der Waals surface area contributed by atoms with Gasteiger partial charge in [0.05, 0.1) is 36.2 Å². The number of amides is 2. The Kier molecular flexibility index (Phi) is 10.8. The second kappa shape index (κ2) is 14.1. The smallest absolute Gasteiger partial charge is 0.337 e. The van der Waals surface area contributed by atoms with Crippen LogP contribution >= 0.6 is 12.4 Å². The average Bonchev–Trinajstić information content (AvgIpc) is 3.31. The first-order valence-corrected chi connectivity index (χ1v) is 13.2. The highest BCUT2D eigenvalue weighted by Crippen LogP contribution is 2.38. The molecule has 0 aromatic heterocycles. The largest absolute Gasteiger partial charge is 0.465 e. The summed E-state index contributed by atoms with van der Waals surface area (Å²) < 4.78 is 4.82. The first-order valence-electron chi connectivity index (χ1n) is 13.2. The van der Waals surface area contributed by atoms with Gasteiger partial charge in [0.25, 0.3) is 5.91 Å². The van der Waals surface area contributed by atoms with E-state index in [9.17, 15) is 14.4 Å². The Morgan fingerprint density at radius 3 is 2.26 bits per heavy atom. The van der Waals surface area contributed by atoms with Gasteiger partial charge in [-0.15, -0.1) is 12.4 Å². The van der Waals surface area contributed by atoms with Gasteiger partial charge in [-0.05, 0) is 49.0 Å². The Bertz CT molecular complexity index is 1450. The van der Waals surface area contributed by atoms with E-state index in [1.165, 1.54) is 7.11 Å². The van der Waals surface area contributed by atoms with Crippen molar-refractivity contribution in [1.82, 2.24) is 9.80 Å². The molecular weight excluding hydrogens is 558 g/mol. The van der Waals surface area contributed by atoms with E-state index in [-0.39, 0.29) is 29.7 Å². The molecule has 0 unspecified atom stereocenters. The number of carbonyl (C=O) groups is 3. The van der Waals surface area contributed by atoms with Crippen LogP contribution < -0.4 is 15.5 Å². The van der Waals surface area contributed by atoms with Crippen molar-refractivity contribution in [3.63, 3.8) is 0 Å². The van der Waals surface area contributed by atoms with Gasteiger partial charge in [-0.3, -0.25) is 14.5 Å². The second-order valence-electron chi connectivity index (χ2n) is 10.0. The molecule has 2 aliphatic heterocycles. The third-order valence-corrected chi connectivity index (χ3v) is 7.35. The average molecular weight is 594 g/mol. The van der Waals surface area contributed by atoms with Crippen LogP contribution in [0, 0.1) is 0 Å². The third-order valence-electron chi connectivity index (χ3n) is 7.35. The second-order valence-corrected chi connectivity index (χ2v) is 10.0. The van der Waals surface area contributed by atoms with Crippen molar-refractivity contribution >= 4 is 58.5 Å². The lowest BCUT2D eigenvalue weighted by atomic mass is 9.99. The molecule has 222 valence electrons. The molecule has 1 fully saturated rings. The molecule has 1 saturated heterocycles. The van der Waals surface area contributed by atoms with Gasteiger partial charge in [-0.1, -0.05) is 36.4 Å². The number of hydrogen-bond donors (Lipinski definition) is 2. The molecule has 0 bridgehead atoms. The monoisotopic (exact) mass is 593 g/mol. The van der Waals surface area contributed by atoms with Gasteiger partial charge in [0, 0.05) is 50.2 Å². The summed E-state index contributed by atoms with van der Waals surface area (Å²) in [5, 5.41) is 6.31. The SMILES string of the molecule is COC(=O)c1ccc2c(c1)NC(=O)/C2=C(\Nc1ccc(N(C)C(=O)CN2CCN(C)CC2)cc1)c1ccccc1.Cl.O. The van der Waals surface area contributed by atoms with Gasteiger partial charge >= 0.3 is 5.97 Å². The quantitative estimate of drug-likeness (QED) is 0.318. The molecule has 0 radical (unpaired) electrons. The first kappa shape index (κ1) is 32.3. The Morgan fingerprint density at radius 1 is 0.952 bits per heavy atom. The Labute approximate surface area is 251 Å². The Hall–Kier alpha value is -4.22. The summed E-state index contributed by atoms with van der Waals surface area (Å²) in [5.74, 6) is -0.694. The topological polar surface area (TPSA) is 126 Å². The van der Waals surface area contributed by atoms with E-state index < -0.39 is 5.97 Å². The maximum Gasteiger partial charge on any atom is 0.337 e. The minimum atomic E-state index is -0.469. The number of piperazine rings is 1. The fourth-order valence-corrected chi connectivity index (χ4v) is 4.91. The molecule has 3 aromatic carbocycles. The Balaban J connectivity index is 0.00000242. The van der Waals surface area contributed by atoms with Crippen molar-refractivity contribution in [3.8, 4) is 0 Å². The van der Waals surface area contributed by atoms with Crippen LogP contribution in [0.25, 0.3) is 11.3 Å². The molecule has 11 heteroatoms. The molecule has 2 aliphatic rings. The number of carbonyl (C=O) groups excluding carboxylic acids is 3. The highest BCUT2D eigenvalue weighted by atomic mass is 35.5. The highest BCUT2D eigenvalue weighted by Gasteiger charge is 2.29. The molecule has 3 aromatic rings. The van der Waals surface area contributed by atoms with Crippen LogP contribution in [0.3, 0.4) is 0 Å². The summed E-state index contributed by atoms with van der Waals surface area (Å²) in [6, 6.07) is 22.2. The number of methoxy groups -OCH3 is 1. The standard InChI is InChI=1S/C31H33N5O4.ClH.H2O/c1-34-15-17-36(18-16-34)20-27(37)35(2)24-12-10-23(11-13-24)32-29(21-7-5-4-6-8-21)28-25-14-9-22(31(39)40-3)19-26(25)33-30(28)38;;/h4-14,19,32H,15-18,20H2,1-3H3,(H,33,38);1H;1H2/b29-28-;;. The van der Waals surface area contributed by atoms with Gasteiger partial charge in [-0.25, -0.2) is 4.79 Å². The van der Waals surface area contributed by atoms with Gasteiger partial charge in [-0.2, -0.15) is 0 Å². The summed E-state index contributed by atoms with van der Waals surface area (Å²) in [6.45, 7) is 4.09. The van der Waals surface area contributed by atoms with Crippen LogP contribution in [0.1, 0.15) is 21.5 Å². The number of fused-ring (bicyclic) bond motifs is 1. The van der Waals surface area contributed by atoms with E-state index in [4.69, 9.17) is 4.74 Å². The van der Waals surface area contributed by atoms with Crippen molar-refractivity contribution in [1.29, 1.82) is 0 Å². The predicted molar refractivity (Wildman–Crippen MR) is 168 cm³/mol. The number of nitrogens with one attached hydrogen (secondary N) is 2. The minimum Gasteiger partial charge on any atom is -0.465 e. The van der Waals surface area contributed by atoms with E-state index in [1.54, 1.807) is 30.1 Å². The zero-order valence-electron chi connectivity index (χ0n) is 23.8. The first-order chi connectivity index (χ1) is 19.3. The van der Waals surface area contributed by atoms with E-state index >= 15 is 0 Å². The van der Waals surface area contributed by atoms with Gasteiger partial charge in [0.15, 0.2) is 0 Å². The van der Waals surface area contributed by atoms with Crippen LogP contribution in [0.15, 0.2) is 72.8 Å². The zero-order valence-corrected chi connectivity index (χ0v) is 24.7. The van der Waals surface area contributed by atoms with E-state index in [2.05, 4.69) is 27.5 Å². The number of halogens is 1. The zero-order chi connectivity index (χ0) is 28.2. The highest BCUT2D eigenvalue weighted by molar-refractivity contribution is 6.37. The van der Waals surface area contributed by atoms with Gasteiger partial charge < -0.3 is 30.6 Å². The lowest BCUT2D eigenvalue weighted by molar-refractivity contribution is -0.119. The number of likely N-dealkylation sites (N-methyl/N-ethyl adjacent to an activating group) is 2. The predicted octanol–water partition coefficient (Wildman–Crippen LogP) is 3.21. The molecule has 0 saturated carbocycles. The van der Waals surface area contributed by atoms with E-state index in [0.29, 0.717) is 34.6 Å². The number of hydrogen-bond acceptors (Lipinski definition) is 7. The number of anilines is 3. The molecule has 42 heavy (non-hydrogen) atoms. The lowest BCUT2D eigenvalue weighted by Crippen LogP contribution is -2.48. The molecule has 0 aliphatic carbocycles. The van der Waals surface area contributed by atoms with Crippen LogP contribution in [0.2, 0.25) is 0 Å². The van der Waals surface area contributed by atoms with Crippen molar-refractivity contribution in [3.05, 3.63) is 89.5 Å². The summed E-state index contributed by atoms with van der Waals surface area (Å²) in [5.41, 5.74) is 5.10. The summed E-state index contributed by atoms with van der Waals surface area (Å²) in [6.07, 6.45) is 0. The lowest BCUT2D eigenvalue weighted by Gasteiger charge is -2.32. The summed E-state index contributed by atoms with van der Waals surface area (Å²) >= 11 is 0. The summed E-state index contributed by atoms with van der Waals surface area (Å²) in [4.78, 5) is 44.3. The van der Waals surface area contributed by atoms with E-state index in [1.807, 2.05) is 54.6 Å². The number of esters is 1. The van der Waals surface area contributed by atoms with Crippen LogP contribution in [0.5, 0.6) is 0 Å². The van der Waals surface area contributed by atoms with Crippen LogP contribution in [0.4, 0.5) is 17.1 Å². The fourth-order valence-electron chi connectivity index (χ4n) is 4.91. The number of ether oxygens (including phenoxy) is 1. The van der Waals surface area contributed by atoms with Crippen molar-refractivity contribution in [2.24, 2.45) is 0 Å². The van der Waals surface area contributed by atoms with E-state index in [0.717, 1.165) is 43.1 Å².